The molecule has 36 heavy (non-hydrogen) atoms. The van der Waals surface area contributed by atoms with Crippen molar-refractivity contribution >= 4 is 11.7 Å². The van der Waals surface area contributed by atoms with Crippen LogP contribution >= 0.6 is 0 Å². The molecule has 1 amide bonds. The van der Waals surface area contributed by atoms with Crippen LogP contribution in [0.5, 0.6) is 0 Å². The summed E-state index contributed by atoms with van der Waals surface area (Å²) in [6.45, 7) is 8.34. The minimum atomic E-state index is -1.48. The predicted octanol–water partition coefficient (Wildman–Crippen LogP) is 3.61. The van der Waals surface area contributed by atoms with Crippen molar-refractivity contribution in [3.05, 3.63) is 60.2 Å². The Morgan fingerprint density at radius 1 is 1.14 bits per heavy atom. The lowest BCUT2D eigenvalue weighted by atomic mass is 9.51. The number of benzene rings is 1. The fourth-order valence-corrected chi connectivity index (χ4v) is 6.94. The van der Waals surface area contributed by atoms with Gasteiger partial charge in [-0.15, -0.1) is 0 Å². The molecule has 6 nitrogen and oxygen atoms in total. The molecule has 1 aliphatic heterocycles. The van der Waals surface area contributed by atoms with Crippen LogP contribution in [0.3, 0.4) is 0 Å². The first-order valence-corrected chi connectivity index (χ1v) is 13.3. The lowest BCUT2D eigenvalue weighted by molar-refractivity contribution is -0.154. The molecule has 1 aromatic rings. The van der Waals surface area contributed by atoms with E-state index in [0.717, 1.165) is 24.8 Å². The first-order valence-electron chi connectivity index (χ1n) is 13.3. The second-order valence-electron chi connectivity index (χ2n) is 11.2. The number of ether oxygens (including phenoxy) is 1. The summed E-state index contributed by atoms with van der Waals surface area (Å²) in [5, 5.41) is 25.6. The summed E-state index contributed by atoms with van der Waals surface area (Å²) in [6.07, 6.45) is 5.07. The molecule has 1 saturated carbocycles. The van der Waals surface area contributed by atoms with Crippen LogP contribution in [0.4, 0.5) is 0 Å². The zero-order valence-electron chi connectivity index (χ0n) is 21.7. The highest BCUT2D eigenvalue weighted by Crippen LogP contribution is 2.57. The molecule has 1 aromatic carbocycles. The molecule has 9 atom stereocenters. The van der Waals surface area contributed by atoms with Gasteiger partial charge in [-0.05, 0) is 42.2 Å². The second kappa shape index (κ2) is 11.0. The van der Waals surface area contributed by atoms with E-state index in [9.17, 15) is 19.8 Å². The van der Waals surface area contributed by atoms with Crippen molar-refractivity contribution in [2.45, 2.75) is 76.7 Å². The summed E-state index contributed by atoms with van der Waals surface area (Å²) < 4.78 is 5.57. The van der Waals surface area contributed by atoms with Gasteiger partial charge in [0.15, 0.2) is 5.78 Å². The molecule has 3 aliphatic rings. The zero-order valence-corrected chi connectivity index (χ0v) is 21.7. The van der Waals surface area contributed by atoms with Crippen LogP contribution in [0.2, 0.25) is 0 Å². The first kappa shape index (κ1) is 26.8. The molecule has 0 radical (unpaired) electrons. The fraction of sp³-hybridized carbons (Fsp3) is 0.600. The van der Waals surface area contributed by atoms with E-state index in [4.69, 9.17) is 4.74 Å². The second-order valence-corrected chi connectivity index (χ2v) is 11.2. The Kier molecular flexibility index (Phi) is 8.18. The van der Waals surface area contributed by atoms with Crippen LogP contribution in [0.25, 0.3) is 0 Å². The Balaban J connectivity index is 1.82. The van der Waals surface area contributed by atoms with Gasteiger partial charge in [-0.2, -0.15) is 0 Å². The number of allylic oxidation sites excluding steroid dienone is 1. The molecule has 4 rings (SSSR count). The van der Waals surface area contributed by atoms with Crippen molar-refractivity contribution < 1.29 is 24.5 Å². The molecule has 1 saturated heterocycles. The summed E-state index contributed by atoms with van der Waals surface area (Å²) in [7, 11) is 1.56. The maximum absolute atomic E-state index is 14.2. The van der Waals surface area contributed by atoms with E-state index in [1.807, 2.05) is 49.4 Å². The Hall–Kier alpha value is -2.28. The summed E-state index contributed by atoms with van der Waals surface area (Å²) in [4.78, 5) is 28.2. The van der Waals surface area contributed by atoms with Crippen LogP contribution in [0.1, 0.15) is 51.5 Å². The van der Waals surface area contributed by atoms with Gasteiger partial charge in [-0.25, -0.2) is 0 Å². The van der Waals surface area contributed by atoms with Crippen molar-refractivity contribution in [2.24, 2.45) is 29.1 Å². The average molecular weight is 496 g/mol. The topological polar surface area (TPSA) is 95.9 Å². The minimum absolute atomic E-state index is 0.188. The highest BCUT2D eigenvalue weighted by Gasteiger charge is 2.68. The number of carbonyl (C=O) groups is 2. The molecule has 1 spiro atoms. The zero-order chi connectivity index (χ0) is 26.0. The average Bonchev–Trinajstić information content (AvgIpc) is 3.15. The third-order valence-electron chi connectivity index (χ3n) is 8.97. The Morgan fingerprint density at radius 2 is 1.86 bits per heavy atom. The van der Waals surface area contributed by atoms with Crippen LogP contribution in [-0.2, 0) is 20.7 Å². The van der Waals surface area contributed by atoms with Crippen LogP contribution in [-0.4, -0.2) is 53.4 Å². The third-order valence-corrected chi connectivity index (χ3v) is 8.97. The predicted molar refractivity (Wildman–Crippen MR) is 139 cm³/mol. The summed E-state index contributed by atoms with van der Waals surface area (Å²) >= 11 is 0. The van der Waals surface area contributed by atoms with E-state index in [-0.39, 0.29) is 36.0 Å². The number of nitrogens with one attached hydrogen (secondary N) is 1. The molecule has 196 valence electrons. The van der Waals surface area contributed by atoms with E-state index < -0.39 is 29.6 Å². The molecule has 3 unspecified atom stereocenters. The Morgan fingerprint density at radius 3 is 2.56 bits per heavy atom. The standard InChI is InChI=1S/C30H41NO5/c1-18-10-8-14-22-28(34)20(3)19(2)27-23(16-21-12-6-5-7-13-21)31-29(35)30(22,27)26(33)17-24(32)25(36-4)15-9-11-18/h5-8,12-14,18-19,22-25,27-28,32,34H,3,9-11,15-17H2,1-2,4H3,(H,31,35)/b14-8+/t18-,19+,22?,23-,24?,25?,27-,28+,30+/m0/s1. The Labute approximate surface area is 214 Å². The fourth-order valence-electron chi connectivity index (χ4n) is 6.94. The molecule has 2 aliphatic carbocycles. The SMILES string of the molecule is C=C1[C@@H](O)C2/C=C/C[C@H](C)CCCC(OC)C(O)CC(=O)[C@]23C(=O)N[C@@H](Cc2ccccc2)[C@@H]3[C@@H]1C. The summed E-state index contributed by atoms with van der Waals surface area (Å²) in [5.74, 6) is -1.66. The quantitative estimate of drug-likeness (QED) is 0.440. The maximum atomic E-state index is 14.2. The normalized spacial score (nSPS) is 40.8. The van der Waals surface area contributed by atoms with E-state index in [2.05, 4.69) is 18.8 Å². The number of ketones is 1. The van der Waals surface area contributed by atoms with Crippen molar-refractivity contribution in [1.29, 1.82) is 0 Å². The molecule has 3 N–H and O–H groups in total. The van der Waals surface area contributed by atoms with Gasteiger partial charge < -0.3 is 20.3 Å². The number of rotatable bonds is 3. The van der Waals surface area contributed by atoms with E-state index >= 15 is 0 Å². The summed E-state index contributed by atoms with van der Waals surface area (Å²) in [6, 6.07) is 9.64. The number of hydrogen-bond donors (Lipinski definition) is 3. The van der Waals surface area contributed by atoms with Gasteiger partial charge >= 0.3 is 0 Å². The number of aliphatic hydroxyl groups is 2. The number of aliphatic hydroxyl groups excluding tert-OH is 2. The van der Waals surface area contributed by atoms with Crippen molar-refractivity contribution in [3.8, 4) is 0 Å². The third kappa shape index (κ3) is 4.71. The summed E-state index contributed by atoms with van der Waals surface area (Å²) in [5.41, 5.74) is 0.244. The van der Waals surface area contributed by atoms with E-state index in [0.29, 0.717) is 24.3 Å². The van der Waals surface area contributed by atoms with Gasteiger partial charge in [-0.1, -0.05) is 75.8 Å². The lowest BCUT2D eigenvalue weighted by Gasteiger charge is -2.49. The molecular weight excluding hydrogens is 454 g/mol. The minimum Gasteiger partial charge on any atom is -0.390 e. The van der Waals surface area contributed by atoms with E-state index in [1.54, 1.807) is 7.11 Å². The number of carbonyl (C=O) groups excluding carboxylic acids is 2. The van der Waals surface area contributed by atoms with Crippen LogP contribution < -0.4 is 5.32 Å². The van der Waals surface area contributed by atoms with Crippen LogP contribution in [0.15, 0.2) is 54.6 Å². The number of methoxy groups -OCH3 is 1. The highest BCUT2D eigenvalue weighted by molar-refractivity contribution is 6.09. The first-order chi connectivity index (χ1) is 17.2. The Bertz CT molecular complexity index is 990. The maximum Gasteiger partial charge on any atom is 0.235 e. The number of amides is 1. The van der Waals surface area contributed by atoms with Gasteiger partial charge in [0.1, 0.15) is 5.41 Å². The number of Topliss-reactive ketones (excluding diaryl/α,β-unsaturated/α-hetero) is 1. The van der Waals surface area contributed by atoms with Gasteiger partial charge in [0.05, 0.1) is 18.3 Å². The highest BCUT2D eigenvalue weighted by atomic mass is 16.5. The van der Waals surface area contributed by atoms with Crippen molar-refractivity contribution in [2.75, 3.05) is 7.11 Å². The smallest absolute Gasteiger partial charge is 0.235 e. The largest absolute Gasteiger partial charge is 0.390 e. The molecule has 0 aromatic heterocycles. The molecule has 6 heteroatoms. The molecule has 1 heterocycles. The number of hydrogen-bond acceptors (Lipinski definition) is 5. The van der Waals surface area contributed by atoms with Crippen molar-refractivity contribution in [3.63, 3.8) is 0 Å². The molecular formula is C30H41NO5. The van der Waals surface area contributed by atoms with Gasteiger partial charge in [-0.3, -0.25) is 9.59 Å². The monoisotopic (exact) mass is 495 g/mol. The van der Waals surface area contributed by atoms with Gasteiger partial charge in [0.25, 0.3) is 0 Å². The lowest BCUT2D eigenvalue weighted by Crippen LogP contribution is -2.59. The van der Waals surface area contributed by atoms with Crippen LogP contribution in [0, 0.1) is 29.1 Å². The molecule has 0 bridgehead atoms. The molecule has 2 fully saturated rings. The van der Waals surface area contributed by atoms with Gasteiger partial charge in [0.2, 0.25) is 5.91 Å². The van der Waals surface area contributed by atoms with Gasteiger partial charge in [0, 0.05) is 31.4 Å². The van der Waals surface area contributed by atoms with Crippen molar-refractivity contribution in [1.82, 2.24) is 5.32 Å². The van der Waals surface area contributed by atoms with E-state index in [1.165, 1.54) is 0 Å².